The summed E-state index contributed by atoms with van der Waals surface area (Å²) in [5.41, 5.74) is 1.63. The fourth-order valence-electron chi connectivity index (χ4n) is 3.56. The average molecular weight is 366 g/mol. The van der Waals surface area contributed by atoms with Crippen LogP contribution in [0.5, 0.6) is 0 Å². The number of nitrogens with zero attached hydrogens (tertiary/aromatic N) is 3. The van der Waals surface area contributed by atoms with Gasteiger partial charge in [-0.05, 0) is 50.6 Å². The molecule has 1 atom stereocenters. The molecule has 0 radical (unpaired) electrons. The molecule has 1 saturated heterocycles. The van der Waals surface area contributed by atoms with E-state index in [2.05, 4.69) is 33.9 Å². The number of H-pyrrole nitrogens is 1. The van der Waals surface area contributed by atoms with Crippen LogP contribution < -0.4 is 5.56 Å². The minimum Gasteiger partial charge on any atom is -0.306 e. The number of nitrogens with one attached hydrogen (secondary N) is 1. The van der Waals surface area contributed by atoms with Crippen LogP contribution in [0.15, 0.2) is 47.5 Å². The first-order valence-corrected chi connectivity index (χ1v) is 9.78. The number of aromatic nitrogens is 3. The Hall–Kier alpha value is -2.31. The van der Waals surface area contributed by atoms with Crippen molar-refractivity contribution in [3.05, 3.63) is 68.5 Å². The number of rotatable bonds is 4. The van der Waals surface area contributed by atoms with E-state index in [9.17, 15) is 4.79 Å². The second-order valence-electron chi connectivity index (χ2n) is 6.85. The van der Waals surface area contributed by atoms with Gasteiger partial charge in [-0.15, -0.1) is 11.3 Å². The Kier molecular flexibility index (Phi) is 4.95. The van der Waals surface area contributed by atoms with Crippen molar-refractivity contribution < 1.29 is 0 Å². The summed E-state index contributed by atoms with van der Waals surface area (Å²) < 4.78 is 0. The lowest BCUT2D eigenvalue weighted by Crippen LogP contribution is -2.34. The van der Waals surface area contributed by atoms with Gasteiger partial charge in [0, 0.05) is 52.8 Å². The summed E-state index contributed by atoms with van der Waals surface area (Å²) in [5.74, 6) is 0.897. The standard InChI is InChI=1S/C20H22N4OS/c1-14-6-7-17(26-14)13-24-9-3-5-16(12-24)18-10-19(25)23-20(22-18)15-4-2-8-21-11-15/h2,4,6-8,10-11,16H,3,5,9,12-13H2,1H3,(H,22,23,25)/t16-/m0/s1. The van der Waals surface area contributed by atoms with Crippen LogP contribution in [0, 0.1) is 6.92 Å². The second-order valence-corrected chi connectivity index (χ2v) is 8.22. The normalized spacial score (nSPS) is 18.1. The van der Waals surface area contributed by atoms with Crippen LogP contribution in [0.3, 0.4) is 0 Å². The van der Waals surface area contributed by atoms with Crippen molar-refractivity contribution >= 4 is 11.3 Å². The van der Waals surface area contributed by atoms with E-state index in [-0.39, 0.29) is 5.56 Å². The molecule has 134 valence electrons. The van der Waals surface area contributed by atoms with Crippen molar-refractivity contribution in [2.24, 2.45) is 0 Å². The summed E-state index contributed by atoms with van der Waals surface area (Å²) in [6.45, 7) is 5.17. The molecule has 1 aliphatic rings. The molecule has 3 aromatic heterocycles. The third-order valence-electron chi connectivity index (χ3n) is 4.80. The Morgan fingerprint density at radius 3 is 3.04 bits per heavy atom. The van der Waals surface area contributed by atoms with Gasteiger partial charge in [0.15, 0.2) is 0 Å². The lowest BCUT2D eigenvalue weighted by Gasteiger charge is -2.32. The Labute approximate surface area is 156 Å². The van der Waals surface area contributed by atoms with Crippen LogP contribution in [-0.4, -0.2) is 32.9 Å². The molecule has 4 rings (SSSR count). The molecule has 0 saturated carbocycles. The van der Waals surface area contributed by atoms with Crippen LogP contribution in [-0.2, 0) is 6.54 Å². The Balaban J connectivity index is 1.55. The van der Waals surface area contributed by atoms with E-state index in [1.165, 1.54) is 9.75 Å². The molecule has 1 aliphatic heterocycles. The molecular formula is C20H22N4OS. The highest BCUT2D eigenvalue weighted by Gasteiger charge is 2.23. The molecule has 1 N–H and O–H groups in total. The van der Waals surface area contributed by atoms with Gasteiger partial charge in [0.25, 0.3) is 5.56 Å². The molecule has 0 aromatic carbocycles. The fourth-order valence-corrected chi connectivity index (χ4v) is 4.49. The summed E-state index contributed by atoms with van der Waals surface area (Å²) in [4.78, 5) is 29.1. The van der Waals surface area contributed by atoms with E-state index in [4.69, 9.17) is 4.98 Å². The molecule has 3 aromatic rings. The number of piperidine rings is 1. The monoisotopic (exact) mass is 366 g/mol. The van der Waals surface area contributed by atoms with E-state index >= 15 is 0 Å². The predicted octanol–water partition coefficient (Wildman–Crippen LogP) is 3.58. The van der Waals surface area contributed by atoms with Gasteiger partial charge in [0.1, 0.15) is 5.82 Å². The van der Waals surface area contributed by atoms with Gasteiger partial charge >= 0.3 is 0 Å². The highest BCUT2D eigenvalue weighted by Crippen LogP contribution is 2.28. The van der Waals surface area contributed by atoms with Gasteiger partial charge in [0.05, 0.1) is 5.69 Å². The van der Waals surface area contributed by atoms with Crippen molar-refractivity contribution in [3.8, 4) is 11.4 Å². The number of hydrogen-bond acceptors (Lipinski definition) is 5. The van der Waals surface area contributed by atoms with Gasteiger partial charge in [-0.3, -0.25) is 14.7 Å². The maximum atomic E-state index is 12.2. The zero-order valence-electron chi connectivity index (χ0n) is 14.8. The largest absolute Gasteiger partial charge is 0.306 e. The SMILES string of the molecule is Cc1ccc(CN2CCC[C@H](c3cc(=O)[nH]c(-c4cccnc4)n3)C2)s1. The third-order valence-corrected chi connectivity index (χ3v) is 5.78. The molecule has 0 amide bonds. The average Bonchev–Trinajstić information content (AvgIpc) is 3.07. The topological polar surface area (TPSA) is 61.9 Å². The predicted molar refractivity (Wildman–Crippen MR) is 104 cm³/mol. The van der Waals surface area contributed by atoms with Crippen molar-refractivity contribution in [2.75, 3.05) is 13.1 Å². The van der Waals surface area contributed by atoms with Crippen LogP contribution in [0.2, 0.25) is 0 Å². The van der Waals surface area contributed by atoms with E-state index in [0.717, 1.165) is 43.7 Å². The third kappa shape index (κ3) is 3.92. The first kappa shape index (κ1) is 17.1. The van der Waals surface area contributed by atoms with Crippen molar-refractivity contribution in [1.29, 1.82) is 0 Å². The lowest BCUT2D eigenvalue weighted by molar-refractivity contribution is 0.200. The summed E-state index contributed by atoms with van der Waals surface area (Å²) in [5, 5.41) is 0. The van der Waals surface area contributed by atoms with Crippen LogP contribution >= 0.6 is 11.3 Å². The van der Waals surface area contributed by atoms with Crippen LogP contribution in [0.1, 0.15) is 34.2 Å². The molecule has 0 spiro atoms. The fraction of sp³-hybridized carbons (Fsp3) is 0.350. The van der Waals surface area contributed by atoms with Gasteiger partial charge in [-0.25, -0.2) is 4.98 Å². The van der Waals surface area contributed by atoms with E-state index in [1.807, 2.05) is 23.5 Å². The number of likely N-dealkylation sites (tertiary alicyclic amines) is 1. The summed E-state index contributed by atoms with van der Waals surface area (Å²) in [6.07, 6.45) is 5.65. The van der Waals surface area contributed by atoms with E-state index in [1.54, 1.807) is 18.5 Å². The zero-order chi connectivity index (χ0) is 17.9. The maximum Gasteiger partial charge on any atom is 0.251 e. The molecule has 26 heavy (non-hydrogen) atoms. The van der Waals surface area contributed by atoms with E-state index < -0.39 is 0 Å². The van der Waals surface area contributed by atoms with Gasteiger partial charge < -0.3 is 4.98 Å². The smallest absolute Gasteiger partial charge is 0.251 e. The van der Waals surface area contributed by atoms with Crippen molar-refractivity contribution in [1.82, 2.24) is 19.9 Å². The number of pyridine rings is 1. The number of hydrogen-bond donors (Lipinski definition) is 1. The lowest BCUT2D eigenvalue weighted by atomic mass is 9.94. The molecule has 0 aliphatic carbocycles. The summed E-state index contributed by atoms with van der Waals surface area (Å²) in [7, 11) is 0. The molecule has 4 heterocycles. The first-order valence-electron chi connectivity index (χ1n) is 8.97. The molecule has 0 unspecified atom stereocenters. The second kappa shape index (κ2) is 7.51. The molecule has 0 bridgehead atoms. The Bertz CT molecular complexity index is 934. The molecule has 1 fully saturated rings. The highest BCUT2D eigenvalue weighted by atomic mass is 32.1. The highest BCUT2D eigenvalue weighted by molar-refractivity contribution is 7.11. The Morgan fingerprint density at radius 2 is 2.27 bits per heavy atom. The van der Waals surface area contributed by atoms with Crippen molar-refractivity contribution in [3.63, 3.8) is 0 Å². The molecule has 6 heteroatoms. The molecular weight excluding hydrogens is 344 g/mol. The van der Waals surface area contributed by atoms with Crippen LogP contribution in [0.4, 0.5) is 0 Å². The summed E-state index contributed by atoms with van der Waals surface area (Å²) >= 11 is 1.86. The van der Waals surface area contributed by atoms with Crippen molar-refractivity contribution in [2.45, 2.75) is 32.2 Å². The zero-order valence-corrected chi connectivity index (χ0v) is 15.6. The number of thiophene rings is 1. The quantitative estimate of drug-likeness (QED) is 0.767. The van der Waals surface area contributed by atoms with Gasteiger partial charge in [-0.1, -0.05) is 0 Å². The summed E-state index contributed by atoms with van der Waals surface area (Å²) in [6, 6.07) is 9.83. The minimum absolute atomic E-state index is 0.0974. The van der Waals surface area contributed by atoms with Gasteiger partial charge in [0.2, 0.25) is 0 Å². The van der Waals surface area contributed by atoms with Crippen LogP contribution in [0.25, 0.3) is 11.4 Å². The van der Waals surface area contributed by atoms with Gasteiger partial charge in [-0.2, -0.15) is 0 Å². The maximum absolute atomic E-state index is 12.2. The van der Waals surface area contributed by atoms with E-state index in [0.29, 0.717) is 11.7 Å². The Morgan fingerprint density at radius 1 is 1.35 bits per heavy atom. The number of aryl methyl sites for hydroxylation is 1. The number of aromatic amines is 1. The minimum atomic E-state index is -0.0974. The first-order chi connectivity index (χ1) is 12.7. The molecule has 5 nitrogen and oxygen atoms in total.